The summed E-state index contributed by atoms with van der Waals surface area (Å²) in [6, 6.07) is 15.9. The van der Waals surface area contributed by atoms with Crippen LogP contribution in [-0.4, -0.2) is 55.8 Å². The van der Waals surface area contributed by atoms with Crippen LogP contribution < -0.4 is 4.74 Å². The van der Waals surface area contributed by atoms with E-state index < -0.39 is 11.8 Å². The number of aromatic carboxylic acids is 1. The topological polar surface area (TPSA) is 113 Å². The molecule has 2 aromatic heterocycles. The van der Waals surface area contributed by atoms with Gasteiger partial charge in [-0.3, -0.25) is 4.90 Å². The molecule has 0 spiro atoms. The van der Waals surface area contributed by atoms with Crippen molar-refractivity contribution in [2.45, 2.75) is 50.6 Å². The minimum Gasteiger partial charge on any atom is -0.478 e. The molecule has 5 heterocycles. The molecule has 0 radical (unpaired) electrons. The molecule has 10 heteroatoms. The molecule has 212 valence electrons. The van der Waals surface area contributed by atoms with Gasteiger partial charge in [0.15, 0.2) is 0 Å². The zero-order valence-electron chi connectivity index (χ0n) is 23.0. The molecule has 0 amide bonds. The summed E-state index contributed by atoms with van der Waals surface area (Å²) in [4.78, 5) is 24.1. The van der Waals surface area contributed by atoms with Crippen molar-refractivity contribution in [2.24, 2.45) is 11.8 Å². The number of hydrogen-bond acceptors (Lipinski definition) is 7. The van der Waals surface area contributed by atoms with E-state index in [0.29, 0.717) is 42.4 Å². The lowest BCUT2D eigenvalue weighted by molar-refractivity contribution is -0.0591. The molecule has 5 fully saturated rings. The Morgan fingerprint density at radius 1 is 1.26 bits per heavy atom. The van der Waals surface area contributed by atoms with Crippen LogP contribution in [0.3, 0.4) is 0 Å². The molecule has 9 nitrogen and oxygen atoms in total. The third-order valence-electron chi connectivity index (χ3n) is 9.65. The summed E-state index contributed by atoms with van der Waals surface area (Å²) in [5, 5.41) is 18.6. The standard InChI is InChI=1S/C32H28FN5O4/c1-17-9-20(31(39)40)11-24-29(17)36-26(38(24)13-21-7-8-41-21)15-37-14-22-28-30(37)32(22,28)25-3-2-4-27(35-25)42-16-19-6-5-18(12-34)10-23(19)33/h2-6,9-11,21-22,28,30H,7-8,13-16H2,1H3,(H,39,40)/t21-,22+,28+,30?,32+/m0/s1. The number of rotatable bonds is 9. The fraction of sp³-hybridized carbons (Fsp3) is 0.375. The molecule has 9 rings (SSSR count). The van der Waals surface area contributed by atoms with Crippen LogP contribution in [0.1, 0.15) is 45.0 Å². The predicted octanol–water partition coefficient (Wildman–Crippen LogP) is 4.20. The minimum atomic E-state index is -0.944. The van der Waals surface area contributed by atoms with Gasteiger partial charge in [-0.2, -0.15) is 5.26 Å². The molecule has 2 aliphatic carbocycles. The van der Waals surface area contributed by atoms with Gasteiger partial charge in [0.2, 0.25) is 5.88 Å². The molecular weight excluding hydrogens is 537 g/mol. The summed E-state index contributed by atoms with van der Waals surface area (Å²) >= 11 is 0. The number of pyridine rings is 1. The van der Waals surface area contributed by atoms with E-state index in [1.54, 1.807) is 30.3 Å². The van der Waals surface area contributed by atoms with Crippen molar-refractivity contribution in [1.82, 2.24) is 19.4 Å². The first-order valence-electron chi connectivity index (χ1n) is 14.3. The maximum atomic E-state index is 14.3. The molecule has 4 aromatic rings. The first kappa shape index (κ1) is 25.4. The van der Waals surface area contributed by atoms with Crippen LogP contribution in [0.5, 0.6) is 5.88 Å². The zero-order chi connectivity index (χ0) is 28.7. The second-order valence-electron chi connectivity index (χ2n) is 11.9. The summed E-state index contributed by atoms with van der Waals surface area (Å²) in [6.45, 7) is 5.00. The molecule has 42 heavy (non-hydrogen) atoms. The summed E-state index contributed by atoms with van der Waals surface area (Å²) in [5.41, 5.74) is 4.50. The number of aryl methyl sites for hydroxylation is 1. The van der Waals surface area contributed by atoms with Crippen molar-refractivity contribution >= 4 is 17.0 Å². The maximum absolute atomic E-state index is 14.3. The van der Waals surface area contributed by atoms with Gasteiger partial charge in [-0.05, 0) is 61.1 Å². The Balaban J connectivity index is 1.02. The molecule has 2 saturated carbocycles. The number of halogens is 1. The van der Waals surface area contributed by atoms with E-state index in [9.17, 15) is 14.3 Å². The summed E-state index contributed by atoms with van der Waals surface area (Å²) in [7, 11) is 0. The summed E-state index contributed by atoms with van der Waals surface area (Å²) in [6.07, 6.45) is 1.10. The summed E-state index contributed by atoms with van der Waals surface area (Å²) in [5.74, 6) is 1.08. The fourth-order valence-electron chi connectivity index (χ4n) is 7.41. The Hall–Kier alpha value is -4.33. The Morgan fingerprint density at radius 3 is 2.83 bits per heavy atom. The number of nitriles is 1. The van der Waals surface area contributed by atoms with Crippen LogP contribution in [0, 0.1) is 35.9 Å². The Morgan fingerprint density at radius 2 is 2.12 bits per heavy atom. The Bertz CT molecular complexity index is 1820. The summed E-state index contributed by atoms with van der Waals surface area (Å²) < 4.78 is 28.1. The van der Waals surface area contributed by atoms with E-state index in [-0.39, 0.29) is 29.3 Å². The van der Waals surface area contributed by atoms with Crippen molar-refractivity contribution in [3.8, 4) is 11.9 Å². The normalized spacial score (nSPS) is 26.9. The Labute approximate surface area is 241 Å². The number of carbonyl (C=O) groups is 1. The number of benzene rings is 2. The number of imidazole rings is 1. The van der Waals surface area contributed by atoms with E-state index in [1.807, 2.05) is 19.1 Å². The predicted molar refractivity (Wildman–Crippen MR) is 148 cm³/mol. The van der Waals surface area contributed by atoms with E-state index in [0.717, 1.165) is 47.7 Å². The van der Waals surface area contributed by atoms with Crippen LogP contribution in [0.25, 0.3) is 11.0 Å². The molecule has 2 aromatic carbocycles. The lowest BCUT2D eigenvalue weighted by Crippen LogP contribution is -2.33. The third-order valence-corrected chi connectivity index (χ3v) is 9.65. The van der Waals surface area contributed by atoms with Crippen LogP contribution >= 0.6 is 0 Å². The lowest BCUT2D eigenvalue weighted by Gasteiger charge is -2.28. The first-order chi connectivity index (χ1) is 20.4. The van der Waals surface area contributed by atoms with Gasteiger partial charge >= 0.3 is 5.97 Å². The highest BCUT2D eigenvalue weighted by Crippen LogP contribution is 2.85. The maximum Gasteiger partial charge on any atom is 0.335 e. The number of hydrogen-bond donors (Lipinski definition) is 1. The van der Waals surface area contributed by atoms with Crippen molar-refractivity contribution < 1.29 is 23.8 Å². The molecular formula is C32H28FN5O4. The van der Waals surface area contributed by atoms with Gasteiger partial charge in [0.05, 0.1) is 53.1 Å². The van der Waals surface area contributed by atoms with Gasteiger partial charge in [-0.15, -0.1) is 0 Å². The van der Waals surface area contributed by atoms with Gasteiger partial charge in [-0.25, -0.2) is 19.2 Å². The average Bonchev–Trinajstić information content (AvgIpc) is 3.62. The van der Waals surface area contributed by atoms with E-state index in [4.69, 9.17) is 24.7 Å². The number of carboxylic acids is 1. The lowest BCUT2D eigenvalue weighted by atomic mass is 10.0. The smallest absolute Gasteiger partial charge is 0.335 e. The van der Waals surface area contributed by atoms with E-state index in [2.05, 4.69) is 15.5 Å². The molecule has 1 unspecified atom stereocenters. The molecule has 3 saturated heterocycles. The van der Waals surface area contributed by atoms with Gasteiger partial charge in [0.1, 0.15) is 18.2 Å². The second kappa shape index (κ2) is 9.08. The van der Waals surface area contributed by atoms with Crippen molar-refractivity contribution in [3.05, 3.63) is 88.1 Å². The highest BCUT2D eigenvalue weighted by atomic mass is 19.1. The second-order valence-corrected chi connectivity index (χ2v) is 11.9. The van der Waals surface area contributed by atoms with Gasteiger partial charge in [0, 0.05) is 36.2 Å². The number of piperidine rings is 1. The SMILES string of the molecule is Cc1cc(C(=O)O)cc2c1nc(CN1C[C@@H]3[C@@H]4C1[C@@]34c1cccc(OCc3ccc(C#N)cc3F)n1)n2C[C@@H]1CCO1. The van der Waals surface area contributed by atoms with Crippen molar-refractivity contribution in [2.75, 3.05) is 13.2 Å². The molecule has 5 atom stereocenters. The average molecular weight is 566 g/mol. The van der Waals surface area contributed by atoms with Crippen LogP contribution in [-0.2, 0) is 29.8 Å². The van der Waals surface area contributed by atoms with Crippen molar-refractivity contribution in [1.29, 1.82) is 5.26 Å². The quantitative estimate of drug-likeness (QED) is 0.321. The van der Waals surface area contributed by atoms with E-state index >= 15 is 0 Å². The number of ether oxygens (including phenoxy) is 2. The number of fused-ring (bicyclic) bond motifs is 2. The molecule has 1 N–H and O–H groups in total. The number of carboxylic acid groups (broad SMARTS) is 1. The van der Waals surface area contributed by atoms with Crippen molar-refractivity contribution in [3.63, 3.8) is 0 Å². The highest BCUT2D eigenvalue weighted by molar-refractivity contribution is 5.94. The highest BCUT2D eigenvalue weighted by Gasteiger charge is 2.93. The van der Waals surface area contributed by atoms with Crippen LogP contribution in [0.15, 0.2) is 48.5 Å². The first-order valence-corrected chi connectivity index (χ1v) is 14.3. The Kier molecular flexibility index (Phi) is 5.49. The van der Waals surface area contributed by atoms with E-state index in [1.165, 1.54) is 6.07 Å². The zero-order valence-corrected chi connectivity index (χ0v) is 23.0. The fourth-order valence-corrected chi connectivity index (χ4v) is 7.41. The number of aromatic nitrogens is 3. The monoisotopic (exact) mass is 565 g/mol. The largest absolute Gasteiger partial charge is 0.478 e. The molecule has 3 aliphatic heterocycles. The third kappa shape index (κ3) is 3.70. The van der Waals surface area contributed by atoms with Gasteiger partial charge in [0.25, 0.3) is 0 Å². The van der Waals surface area contributed by atoms with Crippen LogP contribution in [0.4, 0.5) is 4.39 Å². The minimum absolute atomic E-state index is 0.0272. The molecule has 5 aliphatic rings. The van der Waals surface area contributed by atoms with Gasteiger partial charge < -0.3 is 19.1 Å². The number of nitrogens with zero attached hydrogens (tertiary/aromatic N) is 5. The van der Waals surface area contributed by atoms with Crippen LogP contribution in [0.2, 0.25) is 0 Å². The van der Waals surface area contributed by atoms with Gasteiger partial charge in [-0.1, -0.05) is 12.1 Å². The molecule has 2 bridgehead atoms.